The summed E-state index contributed by atoms with van der Waals surface area (Å²) in [5.74, 6) is 1.68. The molecule has 1 saturated carbocycles. The molecular weight excluding hydrogens is 328 g/mol. The Labute approximate surface area is 133 Å². The Morgan fingerprint density at radius 2 is 2.00 bits per heavy atom. The molecule has 1 fully saturated rings. The lowest BCUT2D eigenvalue weighted by molar-refractivity contribution is 0.469. The molecule has 1 aromatic heterocycles. The highest BCUT2D eigenvalue weighted by molar-refractivity contribution is 9.10. The average Bonchev–Trinajstić information content (AvgIpc) is 3.28. The summed E-state index contributed by atoms with van der Waals surface area (Å²) in [7, 11) is 0. The van der Waals surface area contributed by atoms with Crippen LogP contribution in [0, 0.1) is 13.8 Å². The van der Waals surface area contributed by atoms with E-state index in [0.717, 1.165) is 28.1 Å². The molecule has 0 amide bonds. The number of halogens is 1. The fourth-order valence-electron chi connectivity index (χ4n) is 2.28. The standard InChI is InChI=1S/C17H19BrN2O/c1-11-7-15(8-12(2)17(11)18)21-16-10-19-6-5-13(16)9-20-14-3-4-14/h5-8,10,14,20H,3-4,9H2,1-2H3. The van der Waals surface area contributed by atoms with Crippen LogP contribution in [0.2, 0.25) is 0 Å². The molecule has 1 heterocycles. The zero-order chi connectivity index (χ0) is 14.8. The molecule has 0 radical (unpaired) electrons. The maximum atomic E-state index is 6.06. The van der Waals surface area contributed by atoms with Gasteiger partial charge in [0.1, 0.15) is 11.5 Å². The van der Waals surface area contributed by atoms with Crippen LogP contribution >= 0.6 is 15.9 Å². The van der Waals surface area contributed by atoms with Crippen molar-refractivity contribution >= 4 is 15.9 Å². The van der Waals surface area contributed by atoms with E-state index in [-0.39, 0.29) is 0 Å². The monoisotopic (exact) mass is 346 g/mol. The fraction of sp³-hybridized carbons (Fsp3) is 0.353. The van der Waals surface area contributed by atoms with Crippen molar-refractivity contribution in [2.24, 2.45) is 0 Å². The van der Waals surface area contributed by atoms with E-state index >= 15 is 0 Å². The number of rotatable bonds is 5. The van der Waals surface area contributed by atoms with E-state index in [1.54, 1.807) is 6.20 Å². The van der Waals surface area contributed by atoms with Crippen molar-refractivity contribution < 1.29 is 4.74 Å². The molecule has 3 nitrogen and oxygen atoms in total. The Morgan fingerprint density at radius 1 is 1.29 bits per heavy atom. The van der Waals surface area contributed by atoms with Crippen molar-refractivity contribution in [1.29, 1.82) is 0 Å². The summed E-state index contributed by atoms with van der Waals surface area (Å²) in [6.07, 6.45) is 6.17. The quantitative estimate of drug-likeness (QED) is 0.864. The van der Waals surface area contributed by atoms with Gasteiger partial charge in [0.15, 0.2) is 0 Å². The lowest BCUT2D eigenvalue weighted by Crippen LogP contribution is -2.15. The van der Waals surface area contributed by atoms with Gasteiger partial charge in [-0.25, -0.2) is 0 Å². The van der Waals surface area contributed by atoms with E-state index in [9.17, 15) is 0 Å². The van der Waals surface area contributed by atoms with E-state index in [2.05, 4.69) is 40.1 Å². The van der Waals surface area contributed by atoms with E-state index in [1.165, 1.54) is 24.0 Å². The third-order valence-electron chi connectivity index (χ3n) is 3.67. The van der Waals surface area contributed by atoms with Gasteiger partial charge < -0.3 is 10.1 Å². The Morgan fingerprint density at radius 3 is 2.67 bits per heavy atom. The van der Waals surface area contributed by atoms with Gasteiger partial charge >= 0.3 is 0 Å². The van der Waals surface area contributed by atoms with Crippen LogP contribution in [0.5, 0.6) is 11.5 Å². The SMILES string of the molecule is Cc1cc(Oc2cnccc2CNC2CC2)cc(C)c1Br. The number of hydrogen-bond acceptors (Lipinski definition) is 3. The molecule has 1 N–H and O–H groups in total. The van der Waals surface area contributed by atoms with Gasteiger partial charge in [-0.3, -0.25) is 4.98 Å². The zero-order valence-corrected chi connectivity index (χ0v) is 13.9. The van der Waals surface area contributed by atoms with E-state index in [0.29, 0.717) is 6.04 Å². The third kappa shape index (κ3) is 3.63. The molecule has 110 valence electrons. The summed E-state index contributed by atoms with van der Waals surface area (Å²) >= 11 is 3.58. The second kappa shape index (κ2) is 6.16. The van der Waals surface area contributed by atoms with Crippen molar-refractivity contribution in [3.63, 3.8) is 0 Å². The number of aromatic nitrogens is 1. The lowest BCUT2D eigenvalue weighted by Gasteiger charge is -2.13. The normalized spacial score (nSPS) is 14.2. The average molecular weight is 347 g/mol. The van der Waals surface area contributed by atoms with Gasteiger partial charge in [-0.15, -0.1) is 0 Å². The highest BCUT2D eigenvalue weighted by atomic mass is 79.9. The summed E-state index contributed by atoms with van der Waals surface area (Å²) in [6.45, 7) is 4.97. The highest BCUT2D eigenvalue weighted by Crippen LogP contribution is 2.31. The van der Waals surface area contributed by atoms with E-state index < -0.39 is 0 Å². The second-order valence-electron chi connectivity index (χ2n) is 5.61. The van der Waals surface area contributed by atoms with Crippen molar-refractivity contribution in [3.05, 3.63) is 51.8 Å². The summed E-state index contributed by atoms with van der Waals surface area (Å²) in [5.41, 5.74) is 3.49. The second-order valence-corrected chi connectivity index (χ2v) is 6.40. The van der Waals surface area contributed by atoms with Crippen molar-refractivity contribution in [3.8, 4) is 11.5 Å². The smallest absolute Gasteiger partial charge is 0.150 e. The number of hydrogen-bond donors (Lipinski definition) is 1. The van der Waals surface area contributed by atoms with Gasteiger partial charge in [0.05, 0.1) is 6.20 Å². The number of benzene rings is 1. The Balaban J connectivity index is 1.80. The van der Waals surface area contributed by atoms with Crippen LogP contribution in [0.1, 0.15) is 29.5 Å². The number of nitrogens with one attached hydrogen (secondary N) is 1. The molecule has 21 heavy (non-hydrogen) atoms. The molecule has 1 aliphatic rings. The first-order valence-electron chi connectivity index (χ1n) is 7.24. The molecule has 1 aromatic carbocycles. The van der Waals surface area contributed by atoms with E-state index in [1.807, 2.05) is 24.4 Å². The number of aryl methyl sites for hydroxylation is 2. The van der Waals surface area contributed by atoms with Crippen molar-refractivity contribution in [2.75, 3.05) is 0 Å². The Bertz CT molecular complexity index is 630. The van der Waals surface area contributed by atoms with Crippen LogP contribution in [-0.2, 0) is 6.54 Å². The lowest BCUT2D eigenvalue weighted by atomic mass is 10.1. The number of pyridine rings is 1. The minimum Gasteiger partial charge on any atom is -0.455 e. The first kappa shape index (κ1) is 14.5. The summed E-state index contributed by atoms with van der Waals surface area (Å²) in [4.78, 5) is 4.18. The molecular formula is C17H19BrN2O. The minimum absolute atomic E-state index is 0.684. The molecule has 0 saturated heterocycles. The first-order chi connectivity index (χ1) is 10.1. The minimum atomic E-state index is 0.684. The molecule has 0 unspecified atom stereocenters. The van der Waals surface area contributed by atoms with Gasteiger partial charge in [-0.05, 0) is 56.0 Å². The van der Waals surface area contributed by atoms with Crippen LogP contribution < -0.4 is 10.1 Å². The fourth-order valence-corrected chi connectivity index (χ4v) is 2.51. The van der Waals surface area contributed by atoms with Gasteiger partial charge in [-0.2, -0.15) is 0 Å². The predicted molar refractivity (Wildman–Crippen MR) is 87.8 cm³/mol. The molecule has 0 aliphatic heterocycles. The highest BCUT2D eigenvalue weighted by Gasteiger charge is 2.20. The molecule has 0 spiro atoms. The molecule has 0 atom stereocenters. The largest absolute Gasteiger partial charge is 0.455 e. The molecule has 4 heteroatoms. The van der Waals surface area contributed by atoms with Crippen LogP contribution in [0.15, 0.2) is 35.1 Å². The maximum Gasteiger partial charge on any atom is 0.150 e. The summed E-state index contributed by atoms with van der Waals surface area (Å²) < 4.78 is 7.19. The van der Waals surface area contributed by atoms with Crippen molar-refractivity contribution in [1.82, 2.24) is 10.3 Å². The summed E-state index contributed by atoms with van der Waals surface area (Å²) in [6, 6.07) is 6.79. The van der Waals surface area contributed by atoms with Crippen LogP contribution in [-0.4, -0.2) is 11.0 Å². The molecule has 0 bridgehead atoms. The third-order valence-corrected chi connectivity index (χ3v) is 4.92. The van der Waals surface area contributed by atoms with Gasteiger partial charge in [0, 0.05) is 28.8 Å². The summed E-state index contributed by atoms with van der Waals surface area (Å²) in [5, 5.41) is 3.52. The van der Waals surface area contributed by atoms with Gasteiger partial charge in [0.2, 0.25) is 0 Å². The predicted octanol–water partition coefficient (Wildman–Crippen LogP) is 4.51. The van der Waals surface area contributed by atoms with Crippen LogP contribution in [0.4, 0.5) is 0 Å². The first-order valence-corrected chi connectivity index (χ1v) is 8.03. The topological polar surface area (TPSA) is 34.1 Å². The van der Waals surface area contributed by atoms with E-state index in [4.69, 9.17) is 4.74 Å². The molecule has 3 rings (SSSR count). The molecule has 1 aliphatic carbocycles. The maximum absolute atomic E-state index is 6.06. The number of nitrogens with zero attached hydrogens (tertiary/aromatic N) is 1. The van der Waals surface area contributed by atoms with Gasteiger partial charge in [0.25, 0.3) is 0 Å². The van der Waals surface area contributed by atoms with Crippen LogP contribution in [0.25, 0.3) is 0 Å². The van der Waals surface area contributed by atoms with Gasteiger partial charge in [-0.1, -0.05) is 15.9 Å². The Hall–Kier alpha value is -1.39. The number of ether oxygens (including phenoxy) is 1. The molecule has 2 aromatic rings. The van der Waals surface area contributed by atoms with Crippen LogP contribution in [0.3, 0.4) is 0 Å². The van der Waals surface area contributed by atoms with Crippen molar-refractivity contribution in [2.45, 2.75) is 39.3 Å². The zero-order valence-electron chi connectivity index (χ0n) is 12.3. The Kier molecular flexibility index (Phi) is 4.27.